The van der Waals surface area contributed by atoms with Gasteiger partial charge in [-0.25, -0.2) is 0 Å². The number of ether oxygens (including phenoxy) is 6. The van der Waals surface area contributed by atoms with Crippen LogP contribution in [0.3, 0.4) is 0 Å². The Morgan fingerprint density at radius 1 is 0.772 bits per heavy atom. The highest BCUT2D eigenvalue weighted by Gasteiger charge is 2.79. The van der Waals surface area contributed by atoms with Gasteiger partial charge in [-0.2, -0.15) is 0 Å². The number of hydrogen-bond donors (Lipinski definition) is 6. The average molecular weight is 807 g/mol. The SMILES string of the molecule is CC(=O)OC[C@H]1O[C@@H](O[C@H]2[C@@H](O)[C@@H](C)O[C@@H](O[C@H]3CC[C@]4(C)[C@H]5C=CC67OCC8(CCC(C)(C)C[C@H]86)[C@@H](O)C[C@@]7(C)[C@]5(C)CC[C@H]4C3(C)C)[C@@H]2O)[C@H](O)[C@@H](O)[C@@H]1O. The Hall–Kier alpha value is -1.23. The molecule has 0 aromatic carbocycles. The van der Waals surface area contributed by atoms with Gasteiger partial charge in [-0.3, -0.25) is 4.79 Å². The van der Waals surface area contributed by atoms with Crippen LogP contribution in [0.5, 0.6) is 0 Å². The maximum Gasteiger partial charge on any atom is 0.302 e. The number of aliphatic hydroxyl groups is 6. The topological polar surface area (TPSA) is 194 Å². The summed E-state index contributed by atoms with van der Waals surface area (Å²) in [5.41, 5.74) is -1.16. The monoisotopic (exact) mass is 806 g/mol. The van der Waals surface area contributed by atoms with Crippen LogP contribution in [0.4, 0.5) is 0 Å². The van der Waals surface area contributed by atoms with Gasteiger partial charge in [-0.05, 0) is 91.8 Å². The standard InChI is InChI=1S/C44H70O13/c1-22-30(47)35(57-36-33(50)32(49)31(48)24(55-36)20-52-23(2)45)34(51)37(54-22)56-29-12-13-40(7)25(39(29,5)6)10-14-41(8)26(40)11-15-44-27-18-38(3,4)16-17-43(27,21-53-44)28(46)19-42(41,44)9/h11,15,22,24-37,46-51H,10,12-14,16-21H2,1-9H3/t22-,24-,25+,26-,27-,28+,29+,30+,31-,32+,33-,34-,35+,36+,37+,40+,41-,42+,43?,44?/m1/s1. The Balaban J connectivity index is 1.01. The highest BCUT2D eigenvalue weighted by Crippen LogP contribution is 2.79. The van der Waals surface area contributed by atoms with Crippen molar-refractivity contribution in [1.82, 2.24) is 0 Å². The summed E-state index contributed by atoms with van der Waals surface area (Å²) in [6.45, 7) is 19.7. The first-order valence-corrected chi connectivity index (χ1v) is 21.6. The van der Waals surface area contributed by atoms with Gasteiger partial charge in [0.2, 0.25) is 0 Å². The van der Waals surface area contributed by atoms with E-state index in [4.69, 9.17) is 28.4 Å². The Bertz CT molecular complexity index is 1590. The maximum absolute atomic E-state index is 12.1. The first-order chi connectivity index (χ1) is 26.5. The van der Waals surface area contributed by atoms with Gasteiger partial charge in [0.05, 0.1) is 30.5 Å². The summed E-state index contributed by atoms with van der Waals surface area (Å²) in [5.74, 6) is 0.180. The zero-order valence-electron chi connectivity index (χ0n) is 35.4. The molecule has 13 heteroatoms. The molecule has 0 radical (unpaired) electrons. The van der Waals surface area contributed by atoms with Gasteiger partial charge in [0.25, 0.3) is 0 Å². The number of allylic oxidation sites excluding steroid dienone is 1. The number of carbonyl (C=O) groups excluding carboxylic acids is 1. The molecule has 6 N–H and O–H groups in total. The zero-order valence-corrected chi connectivity index (χ0v) is 35.4. The largest absolute Gasteiger partial charge is 0.463 e. The lowest BCUT2D eigenvalue weighted by atomic mass is 9.32. The highest BCUT2D eigenvalue weighted by molar-refractivity contribution is 5.65. The van der Waals surface area contributed by atoms with Crippen LogP contribution in [0.2, 0.25) is 0 Å². The van der Waals surface area contributed by atoms with Gasteiger partial charge in [0.1, 0.15) is 49.3 Å². The maximum atomic E-state index is 12.1. The predicted molar refractivity (Wildman–Crippen MR) is 205 cm³/mol. The molecule has 7 fully saturated rings. The molecular weight excluding hydrogens is 736 g/mol. The van der Waals surface area contributed by atoms with E-state index < -0.39 is 85.7 Å². The summed E-state index contributed by atoms with van der Waals surface area (Å²) >= 11 is 0. The number of hydrogen-bond acceptors (Lipinski definition) is 13. The number of rotatable bonds is 6. The molecule has 3 saturated heterocycles. The third-order valence-electron chi connectivity index (χ3n) is 18.0. The molecule has 0 aromatic heterocycles. The van der Waals surface area contributed by atoms with Crippen molar-refractivity contribution in [3.8, 4) is 0 Å². The van der Waals surface area contributed by atoms with Gasteiger partial charge in [0.15, 0.2) is 12.6 Å². The van der Waals surface area contributed by atoms with Crippen LogP contribution < -0.4 is 0 Å². The minimum Gasteiger partial charge on any atom is -0.463 e. The zero-order chi connectivity index (χ0) is 41.5. The van der Waals surface area contributed by atoms with E-state index in [9.17, 15) is 35.4 Å². The van der Waals surface area contributed by atoms with Crippen molar-refractivity contribution in [2.45, 2.75) is 193 Å². The van der Waals surface area contributed by atoms with Crippen molar-refractivity contribution < 1.29 is 63.9 Å². The summed E-state index contributed by atoms with van der Waals surface area (Å²) in [6, 6.07) is 0. The molecule has 20 atom stereocenters. The molecule has 3 aliphatic heterocycles. The lowest BCUT2D eigenvalue weighted by Gasteiger charge is -2.73. The van der Waals surface area contributed by atoms with Gasteiger partial charge < -0.3 is 59.1 Å². The Morgan fingerprint density at radius 2 is 1.47 bits per heavy atom. The Kier molecular flexibility index (Phi) is 10.3. The van der Waals surface area contributed by atoms with E-state index in [1.54, 1.807) is 6.92 Å². The van der Waals surface area contributed by atoms with E-state index >= 15 is 0 Å². The number of fused-ring (bicyclic) bond motifs is 4. The number of esters is 1. The van der Waals surface area contributed by atoms with Crippen molar-refractivity contribution in [3.05, 3.63) is 12.2 Å². The van der Waals surface area contributed by atoms with Crippen LogP contribution >= 0.6 is 0 Å². The second kappa shape index (κ2) is 13.9. The second-order valence-electron chi connectivity index (χ2n) is 21.7. The van der Waals surface area contributed by atoms with Gasteiger partial charge in [-0.15, -0.1) is 0 Å². The van der Waals surface area contributed by atoms with Crippen LogP contribution in [0, 0.1) is 50.2 Å². The summed E-state index contributed by atoms with van der Waals surface area (Å²) in [5, 5.41) is 66.8. The lowest BCUT2D eigenvalue weighted by Crippen LogP contribution is -2.72. The average Bonchev–Trinajstić information content (AvgIpc) is 3.41. The fourth-order valence-electron chi connectivity index (χ4n) is 14.5. The summed E-state index contributed by atoms with van der Waals surface area (Å²) in [6.07, 6.45) is -2.22. The summed E-state index contributed by atoms with van der Waals surface area (Å²) < 4.78 is 36.7. The highest BCUT2D eigenvalue weighted by atomic mass is 16.7. The first-order valence-electron chi connectivity index (χ1n) is 21.6. The minimum absolute atomic E-state index is 0.0783. The molecule has 57 heavy (non-hydrogen) atoms. The first kappa shape index (κ1) is 42.5. The Labute approximate surface area is 337 Å². The second-order valence-corrected chi connectivity index (χ2v) is 21.7. The molecule has 3 heterocycles. The van der Waals surface area contributed by atoms with Crippen molar-refractivity contribution in [2.75, 3.05) is 13.2 Å². The van der Waals surface area contributed by atoms with Crippen molar-refractivity contribution >= 4 is 5.97 Å². The fraction of sp³-hybridized carbons (Fsp3) is 0.932. The molecule has 8 aliphatic rings. The van der Waals surface area contributed by atoms with E-state index in [1.807, 2.05) is 0 Å². The number of aliphatic hydroxyl groups excluding tert-OH is 6. The van der Waals surface area contributed by atoms with Gasteiger partial charge in [-0.1, -0.05) is 60.6 Å². The van der Waals surface area contributed by atoms with Crippen molar-refractivity contribution in [1.29, 1.82) is 0 Å². The van der Waals surface area contributed by atoms with Crippen LogP contribution in [-0.2, 0) is 33.2 Å². The minimum atomic E-state index is -1.72. The predicted octanol–water partition coefficient (Wildman–Crippen LogP) is 3.38. The molecule has 2 bridgehead atoms. The molecule has 5 aliphatic carbocycles. The fourth-order valence-corrected chi connectivity index (χ4v) is 14.5. The number of carbonyl (C=O) groups is 1. The third-order valence-corrected chi connectivity index (χ3v) is 18.0. The molecular formula is C44H70O13. The third kappa shape index (κ3) is 5.97. The smallest absolute Gasteiger partial charge is 0.302 e. The van der Waals surface area contributed by atoms with Crippen LogP contribution in [0.15, 0.2) is 12.2 Å². The lowest BCUT2D eigenvalue weighted by molar-refractivity contribution is -0.366. The molecule has 2 unspecified atom stereocenters. The summed E-state index contributed by atoms with van der Waals surface area (Å²) in [7, 11) is 0. The summed E-state index contributed by atoms with van der Waals surface area (Å²) in [4.78, 5) is 11.4. The molecule has 4 saturated carbocycles. The van der Waals surface area contributed by atoms with E-state index in [2.05, 4.69) is 60.6 Å². The molecule has 324 valence electrons. The van der Waals surface area contributed by atoms with Crippen LogP contribution in [0.25, 0.3) is 0 Å². The van der Waals surface area contributed by atoms with Crippen LogP contribution in [0.1, 0.15) is 114 Å². The van der Waals surface area contributed by atoms with E-state index in [0.717, 1.165) is 44.9 Å². The van der Waals surface area contributed by atoms with E-state index in [-0.39, 0.29) is 56.3 Å². The molecule has 1 spiro atoms. The van der Waals surface area contributed by atoms with E-state index in [1.165, 1.54) is 6.92 Å². The van der Waals surface area contributed by atoms with Crippen molar-refractivity contribution in [3.63, 3.8) is 0 Å². The van der Waals surface area contributed by atoms with E-state index in [0.29, 0.717) is 13.0 Å². The van der Waals surface area contributed by atoms with Crippen LogP contribution in [-0.4, -0.2) is 129 Å². The Morgan fingerprint density at radius 3 is 2.18 bits per heavy atom. The molecule has 0 amide bonds. The van der Waals surface area contributed by atoms with Gasteiger partial charge >= 0.3 is 5.97 Å². The normalized spacial score (nSPS) is 56.2. The van der Waals surface area contributed by atoms with Gasteiger partial charge in [0, 0.05) is 23.7 Å². The molecule has 13 nitrogen and oxygen atoms in total. The molecule has 0 aromatic rings. The quantitative estimate of drug-likeness (QED) is 0.130. The van der Waals surface area contributed by atoms with Crippen molar-refractivity contribution in [2.24, 2.45) is 50.2 Å². The molecule has 8 rings (SSSR count).